The number of aliphatic imine (C=N–C) groups is 1. The van der Waals surface area contributed by atoms with E-state index in [9.17, 15) is 13.2 Å². The Labute approximate surface area is 122 Å². The normalized spacial score (nSPS) is 10.8. The van der Waals surface area contributed by atoms with Crippen molar-refractivity contribution in [2.24, 2.45) is 16.5 Å². The zero-order valence-electron chi connectivity index (χ0n) is 9.89. The Kier molecular flexibility index (Phi) is 4.96. The summed E-state index contributed by atoms with van der Waals surface area (Å²) in [6.07, 6.45) is -3.10. The lowest BCUT2D eigenvalue weighted by Gasteiger charge is -2.10. The Balaban J connectivity index is 0.00000200. The summed E-state index contributed by atoms with van der Waals surface area (Å²) in [5.41, 5.74) is 9.72. The van der Waals surface area contributed by atoms with E-state index in [-0.39, 0.29) is 29.1 Å². The number of nitrogens with zero attached hydrogens (tertiary/aromatic N) is 2. The topological polar surface area (TPSA) is 77.3 Å². The molecule has 0 unspecified atom stereocenters. The molecule has 0 radical (unpaired) electrons. The van der Waals surface area contributed by atoms with Crippen LogP contribution in [0, 0.1) is 0 Å². The summed E-state index contributed by atoms with van der Waals surface area (Å²) in [7, 11) is 0. The maximum atomic E-state index is 12.9. The summed E-state index contributed by atoms with van der Waals surface area (Å²) in [5.74, 6) is -0.190. The molecule has 1 heterocycles. The fourth-order valence-corrected chi connectivity index (χ4v) is 2.34. The average molecular weight is 323 g/mol. The van der Waals surface area contributed by atoms with Gasteiger partial charge < -0.3 is 11.5 Å². The minimum atomic E-state index is -4.42. The molecular weight excluding hydrogens is 313 g/mol. The number of guanidine groups is 1. The largest absolute Gasteiger partial charge is 0.417 e. The molecule has 9 heteroatoms. The minimum Gasteiger partial charge on any atom is -0.370 e. The molecule has 0 saturated carbocycles. The van der Waals surface area contributed by atoms with E-state index in [1.165, 1.54) is 24.4 Å². The Hall–Kier alpha value is -1.80. The molecule has 0 bridgehead atoms. The van der Waals surface area contributed by atoms with Crippen molar-refractivity contribution >= 4 is 34.8 Å². The Morgan fingerprint density at radius 3 is 2.45 bits per heavy atom. The van der Waals surface area contributed by atoms with E-state index in [0.29, 0.717) is 4.88 Å². The number of hydrogen-bond donors (Lipinski definition) is 2. The van der Waals surface area contributed by atoms with Gasteiger partial charge in [0.05, 0.1) is 10.4 Å². The molecule has 0 atom stereocenters. The molecule has 0 aliphatic carbocycles. The van der Waals surface area contributed by atoms with Gasteiger partial charge in [0, 0.05) is 11.8 Å². The van der Waals surface area contributed by atoms with Gasteiger partial charge in [-0.05, 0) is 6.07 Å². The second-order valence-corrected chi connectivity index (χ2v) is 4.60. The Bertz CT molecular complexity index is 620. The highest BCUT2D eigenvalue weighted by molar-refractivity contribution is 7.18. The van der Waals surface area contributed by atoms with E-state index in [1.54, 1.807) is 0 Å². The summed E-state index contributed by atoms with van der Waals surface area (Å²) >= 11 is 0.986. The number of thiazole rings is 1. The van der Waals surface area contributed by atoms with Crippen molar-refractivity contribution in [2.75, 3.05) is 0 Å². The molecule has 2 rings (SSSR count). The molecule has 4 nitrogen and oxygen atoms in total. The van der Waals surface area contributed by atoms with Crippen LogP contribution in [0.2, 0.25) is 0 Å². The molecule has 0 saturated heterocycles. The smallest absolute Gasteiger partial charge is 0.370 e. The summed E-state index contributed by atoms with van der Waals surface area (Å²) in [6, 6.07) is 5.28. The van der Waals surface area contributed by atoms with Crippen LogP contribution in [0.25, 0.3) is 10.4 Å². The van der Waals surface area contributed by atoms with E-state index < -0.39 is 11.7 Å². The van der Waals surface area contributed by atoms with Crippen LogP contribution in [0.4, 0.5) is 18.3 Å². The average Bonchev–Trinajstić information content (AvgIpc) is 2.75. The highest BCUT2D eigenvalue weighted by atomic mass is 35.5. The van der Waals surface area contributed by atoms with Crippen LogP contribution in [0.5, 0.6) is 0 Å². The van der Waals surface area contributed by atoms with Gasteiger partial charge in [0.25, 0.3) is 0 Å². The molecule has 0 aliphatic heterocycles. The van der Waals surface area contributed by atoms with Crippen LogP contribution in [-0.4, -0.2) is 10.9 Å². The molecule has 0 spiro atoms. The molecule has 2 aromatic rings. The van der Waals surface area contributed by atoms with Gasteiger partial charge in [-0.25, -0.2) is 4.98 Å². The summed E-state index contributed by atoms with van der Waals surface area (Å²) < 4.78 is 38.6. The quantitative estimate of drug-likeness (QED) is 0.658. The van der Waals surface area contributed by atoms with Crippen LogP contribution in [0.1, 0.15) is 5.56 Å². The number of halogens is 4. The Morgan fingerprint density at radius 1 is 1.20 bits per heavy atom. The molecule has 1 aromatic heterocycles. The summed E-state index contributed by atoms with van der Waals surface area (Å²) in [4.78, 5) is 7.91. The first kappa shape index (κ1) is 16.3. The number of rotatable bonds is 2. The first-order valence-corrected chi connectivity index (χ1v) is 5.91. The molecule has 0 fully saturated rings. The number of nitrogens with two attached hydrogens (primary N) is 2. The zero-order chi connectivity index (χ0) is 14.0. The van der Waals surface area contributed by atoms with Crippen molar-refractivity contribution in [2.45, 2.75) is 6.18 Å². The fraction of sp³-hybridized carbons (Fsp3) is 0.0909. The molecule has 0 amide bonds. The van der Waals surface area contributed by atoms with Crippen molar-refractivity contribution in [3.63, 3.8) is 0 Å². The van der Waals surface area contributed by atoms with E-state index in [1.807, 2.05) is 0 Å². The predicted molar refractivity (Wildman–Crippen MR) is 75.3 cm³/mol. The van der Waals surface area contributed by atoms with Crippen molar-refractivity contribution in [3.8, 4) is 10.4 Å². The zero-order valence-corrected chi connectivity index (χ0v) is 11.5. The first-order chi connectivity index (χ1) is 8.88. The highest BCUT2D eigenvalue weighted by Gasteiger charge is 2.33. The maximum absolute atomic E-state index is 12.9. The van der Waals surface area contributed by atoms with Crippen molar-refractivity contribution < 1.29 is 13.2 Å². The van der Waals surface area contributed by atoms with Crippen LogP contribution >= 0.6 is 23.7 Å². The third kappa shape index (κ3) is 3.61. The fourth-order valence-electron chi connectivity index (χ4n) is 1.50. The van der Waals surface area contributed by atoms with Gasteiger partial charge in [-0.1, -0.05) is 29.5 Å². The van der Waals surface area contributed by atoms with Gasteiger partial charge >= 0.3 is 6.18 Å². The van der Waals surface area contributed by atoms with Gasteiger partial charge in [0.1, 0.15) is 0 Å². The SMILES string of the molecule is Cl.NC(N)=Nc1ncc(-c2ccccc2C(F)(F)F)s1. The van der Waals surface area contributed by atoms with Crippen LogP contribution in [0.15, 0.2) is 35.5 Å². The second kappa shape index (κ2) is 6.10. The third-order valence-electron chi connectivity index (χ3n) is 2.22. The van der Waals surface area contributed by atoms with E-state index in [4.69, 9.17) is 11.5 Å². The van der Waals surface area contributed by atoms with E-state index >= 15 is 0 Å². The minimum absolute atomic E-state index is 0. The Morgan fingerprint density at radius 2 is 1.85 bits per heavy atom. The number of hydrogen-bond acceptors (Lipinski definition) is 3. The van der Waals surface area contributed by atoms with E-state index in [0.717, 1.165) is 17.4 Å². The third-order valence-corrected chi connectivity index (χ3v) is 3.14. The lowest BCUT2D eigenvalue weighted by atomic mass is 10.1. The maximum Gasteiger partial charge on any atom is 0.417 e. The lowest BCUT2D eigenvalue weighted by Crippen LogP contribution is -2.21. The van der Waals surface area contributed by atoms with Crippen molar-refractivity contribution in [1.82, 2.24) is 4.98 Å². The van der Waals surface area contributed by atoms with Gasteiger partial charge in [-0.3, -0.25) is 0 Å². The molecule has 0 aliphatic rings. The number of aromatic nitrogens is 1. The summed E-state index contributed by atoms with van der Waals surface area (Å²) in [6.45, 7) is 0. The van der Waals surface area contributed by atoms with Gasteiger partial charge in [0.15, 0.2) is 5.96 Å². The molecule has 108 valence electrons. The van der Waals surface area contributed by atoms with E-state index in [2.05, 4.69) is 9.98 Å². The molecule has 20 heavy (non-hydrogen) atoms. The second-order valence-electron chi connectivity index (χ2n) is 3.59. The van der Waals surface area contributed by atoms with Crippen LogP contribution in [0.3, 0.4) is 0 Å². The standard InChI is InChI=1S/C11H9F3N4S.ClH/c12-11(13,14)7-4-2-1-3-6(7)8-5-17-10(19-8)18-9(15)16;/h1-5H,(H4,15,16,17,18);1H. The van der Waals surface area contributed by atoms with Crippen LogP contribution < -0.4 is 11.5 Å². The van der Waals surface area contributed by atoms with Gasteiger partial charge in [-0.2, -0.15) is 18.2 Å². The van der Waals surface area contributed by atoms with Crippen molar-refractivity contribution in [1.29, 1.82) is 0 Å². The lowest BCUT2D eigenvalue weighted by molar-refractivity contribution is -0.137. The molecular formula is C11H10ClF3N4S. The monoisotopic (exact) mass is 322 g/mol. The first-order valence-electron chi connectivity index (χ1n) is 5.10. The predicted octanol–water partition coefficient (Wildman–Crippen LogP) is 3.16. The van der Waals surface area contributed by atoms with Crippen LogP contribution in [-0.2, 0) is 6.18 Å². The molecule has 4 N–H and O–H groups in total. The van der Waals surface area contributed by atoms with Crippen molar-refractivity contribution in [3.05, 3.63) is 36.0 Å². The highest BCUT2D eigenvalue weighted by Crippen LogP contribution is 2.39. The number of alkyl halides is 3. The summed E-state index contributed by atoms with van der Waals surface area (Å²) in [5, 5.41) is 0.215. The molecule has 1 aromatic carbocycles. The number of benzene rings is 1. The van der Waals surface area contributed by atoms with Gasteiger partial charge in [-0.15, -0.1) is 12.4 Å². The van der Waals surface area contributed by atoms with Gasteiger partial charge in [0.2, 0.25) is 5.13 Å².